The molecule has 0 aromatic heterocycles. The summed E-state index contributed by atoms with van der Waals surface area (Å²) in [5.74, 6) is 0. The first-order valence-corrected chi connectivity index (χ1v) is 7.47. The molecule has 0 aliphatic heterocycles. The van der Waals surface area contributed by atoms with Gasteiger partial charge in [0.15, 0.2) is 0 Å². The van der Waals surface area contributed by atoms with E-state index in [1.54, 1.807) is 0 Å². The molecule has 0 spiro atoms. The smallest absolute Gasteiger partial charge is 0.0211 e. The Labute approximate surface area is 119 Å². The van der Waals surface area contributed by atoms with Gasteiger partial charge in [0.05, 0.1) is 0 Å². The Morgan fingerprint density at radius 2 is 1.84 bits per heavy atom. The van der Waals surface area contributed by atoms with E-state index in [0.717, 1.165) is 19.6 Å². The van der Waals surface area contributed by atoms with Gasteiger partial charge in [-0.1, -0.05) is 52.0 Å². The summed E-state index contributed by atoms with van der Waals surface area (Å²) in [5, 5.41) is 7.06. The van der Waals surface area contributed by atoms with Crippen LogP contribution >= 0.6 is 0 Å². The van der Waals surface area contributed by atoms with Crippen LogP contribution in [0.3, 0.4) is 0 Å². The van der Waals surface area contributed by atoms with Gasteiger partial charge in [-0.2, -0.15) is 0 Å². The van der Waals surface area contributed by atoms with Crippen molar-refractivity contribution in [1.82, 2.24) is 10.6 Å². The molecule has 1 aromatic rings. The highest BCUT2D eigenvalue weighted by atomic mass is 15.0. The summed E-state index contributed by atoms with van der Waals surface area (Å²) in [4.78, 5) is 0. The molecule has 0 bridgehead atoms. The number of hydrogen-bond donors (Lipinski definition) is 2. The molecule has 0 aliphatic carbocycles. The fourth-order valence-electron chi connectivity index (χ4n) is 2.26. The second-order valence-corrected chi connectivity index (χ2v) is 6.39. The summed E-state index contributed by atoms with van der Waals surface area (Å²) < 4.78 is 0. The van der Waals surface area contributed by atoms with E-state index in [-0.39, 0.29) is 5.41 Å². The fraction of sp³-hybridized carbons (Fsp3) is 0.647. The maximum atomic E-state index is 3.61. The van der Waals surface area contributed by atoms with Crippen LogP contribution < -0.4 is 10.6 Å². The van der Waals surface area contributed by atoms with Crippen LogP contribution in [0.1, 0.15) is 52.2 Å². The van der Waals surface area contributed by atoms with Gasteiger partial charge in [-0.25, -0.2) is 0 Å². The Morgan fingerprint density at radius 1 is 1.16 bits per heavy atom. The molecule has 0 radical (unpaired) electrons. The molecule has 0 amide bonds. The van der Waals surface area contributed by atoms with Gasteiger partial charge in [0.2, 0.25) is 0 Å². The van der Waals surface area contributed by atoms with Gasteiger partial charge < -0.3 is 10.6 Å². The summed E-state index contributed by atoms with van der Waals surface area (Å²) in [6.07, 6.45) is 1.19. The molecule has 1 unspecified atom stereocenters. The van der Waals surface area contributed by atoms with Crippen molar-refractivity contribution >= 4 is 0 Å². The second kappa shape index (κ2) is 7.66. The Morgan fingerprint density at radius 3 is 2.47 bits per heavy atom. The highest BCUT2D eigenvalue weighted by Gasteiger charge is 2.17. The van der Waals surface area contributed by atoms with E-state index in [0.29, 0.717) is 6.04 Å². The Kier molecular flexibility index (Phi) is 6.53. The van der Waals surface area contributed by atoms with Crippen molar-refractivity contribution in [3.8, 4) is 0 Å². The minimum absolute atomic E-state index is 0.210. The predicted octanol–water partition coefficient (Wildman–Crippen LogP) is 3.46. The Bertz CT molecular complexity index is 366. The monoisotopic (exact) mass is 262 g/mol. The Balaban J connectivity index is 2.53. The number of nitrogens with one attached hydrogen (secondary N) is 2. The quantitative estimate of drug-likeness (QED) is 0.735. The molecule has 2 heteroatoms. The standard InChI is InChI=1S/C17H30N2/c1-6-11-18-12-14(2)19-13-15-9-7-8-10-16(15)17(3,4)5/h7-10,14,18-19H,6,11-13H2,1-5H3. The first kappa shape index (κ1) is 16.2. The van der Waals surface area contributed by atoms with E-state index in [2.05, 4.69) is 69.5 Å². The zero-order chi connectivity index (χ0) is 14.3. The van der Waals surface area contributed by atoms with Crippen LogP contribution in [0, 0.1) is 0 Å². The van der Waals surface area contributed by atoms with Crippen molar-refractivity contribution in [2.24, 2.45) is 0 Å². The molecule has 1 rings (SSSR count). The highest BCUT2D eigenvalue weighted by Crippen LogP contribution is 2.25. The van der Waals surface area contributed by atoms with Gasteiger partial charge in [-0.3, -0.25) is 0 Å². The van der Waals surface area contributed by atoms with E-state index >= 15 is 0 Å². The normalized spacial score (nSPS) is 13.5. The lowest BCUT2D eigenvalue weighted by Gasteiger charge is -2.24. The summed E-state index contributed by atoms with van der Waals surface area (Å²) in [6.45, 7) is 14.3. The van der Waals surface area contributed by atoms with Gasteiger partial charge in [-0.15, -0.1) is 0 Å². The van der Waals surface area contributed by atoms with E-state index in [1.165, 1.54) is 17.5 Å². The lowest BCUT2D eigenvalue weighted by atomic mass is 9.84. The van der Waals surface area contributed by atoms with Gasteiger partial charge in [0.1, 0.15) is 0 Å². The van der Waals surface area contributed by atoms with E-state index in [4.69, 9.17) is 0 Å². The summed E-state index contributed by atoms with van der Waals surface area (Å²) in [6, 6.07) is 9.25. The molecule has 0 aliphatic rings. The first-order valence-electron chi connectivity index (χ1n) is 7.47. The zero-order valence-corrected chi connectivity index (χ0v) is 13.2. The van der Waals surface area contributed by atoms with Crippen LogP contribution in [0.4, 0.5) is 0 Å². The molecular weight excluding hydrogens is 232 g/mol. The molecule has 0 saturated carbocycles. The average Bonchev–Trinajstić information content (AvgIpc) is 2.36. The minimum atomic E-state index is 0.210. The number of hydrogen-bond acceptors (Lipinski definition) is 2. The largest absolute Gasteiger partial charge is 0.315 e. The van der Waals surface area contributed by atoms with E-state index in [1.807, 2.05) is 0 Å². The highest BCUT2D eigenvalue weighted by molar-refractivity contribution is 5.32. The van der Waals surface area contributed by atoms with Gasteiger partial charge >= 0.3 is 0 Å². The SMILES string of the molecule is CCCNCC(C)NCc1ccccc1C(C)(C)C. The summed E-state index contributed by atoms with van der Waals surface area (Å²) in [7, 11) is 0. The van der Waals surface area contributed by atoms with Crippen molar-refractivity contribution in [3.63, 3.8) is 0 Å². The summed E-state index contributed by atoms with van der Waals surface area (Å²) in [5.41, 5.74) is 3.07. The molecule has 0 fully saturated rings. The molecule has 108 valence electrons. The maximum Gasteiger partial charge on any atom is 0.0211 e. The van der Waals surface area contributed by atoms with Gasteiger partial charge in [-0.05, 0) is 36.4 Å². The third kappa shape index (κ3) is 5.75. The van der Waals surface area contributed by atoms with Crippen molar-refractivity contribution < 1.29 is 0 Å². The average molecular weight is 262 g/mol. The van der Waals surface area contributed by atoms with Crippen LogP contribution in [0.25, 0.3) is 0 Å². The topological polar surface area (TPSA) is 24.1 Å². The molecule has 2 N–H and O–H groups in total. The van der Waals surface area contributed by atoms with Crippen LogP contribution in [0.15, 0.2) is 24.3 Å². The Hall–Kier alpha value is -0.860. The van der Waals surface area contributed by atoms with E-state index in [9.17, 15) is 0 Å². The van der Waals surface area contributed by atoms with Crippen molar-refractivity contribution in [1.29, 1.82) is 0 Å². The third-order valence-electron chi connectivity index (χ3n) is 3.34. The molecule has 19 heavy (non-hydrogen) atoms. The molecule has 2 nitrogen and oxygen atoms in total. The molecule has 0 saturated heterocycles. The lowest BCUT2D eigenvalue weighted by molar-refractivity contribution is 0.494. The summed E-state index contributed by atoms with van der Waals surface area (Å²) >= 11 is 0. The maximum absolute atomic E-state index is 3.61. The van der Waals surface area contributed by atoms with Crippen LogP contribution in [-0.4, -0.2) is 19.1 Å². The second-order valence-electron chi connectivity index (χ2n) is 6.39. The molecular formula is C17H30N2. The van der Waals surface area contributed by atoms with Crippen LogP contribution in [0.5, 0.6) is 0 Å². The molecule has 1 atom stereocenters. The van der Waals surface area contributed by atoms with Crippen molar-refractivity contribution in [2.45, 2.75) is 59.0 Å². The van der Waals surface area contributed by atoms with Crippen LogP contribution in [0.2, 0.25) is 0 Å². The lowest BCUT2D eigenvalue weighted by Crippen LogP contribution is -2.36. The molecule has 1 aromatic carbocycles. The van der Waals surface area contributed by atoms with Gasteiger partial charge in [0.25, 0.3) is 0 Å². The minimum Gasteiger partial charge on any atom is -0.315 e. The number of benzene rings is 1. The molecule has 0 heterocycles. The van der Waals surface area contributed by atoms with E-state index < -0.39 is 0 Å². The van der Waals surface area contributed by atoms with Crippen molar-refractivity contribution in [3.05, 3.63) is 35.4 Å². The van der Waals surface area contributed by atoms with Crippen LogP contribution in [-0.2, 0) is 12.0 Å². The first-order chi connectivity index (χ1) is 8.95. The predicted molar refractivity (Wildman–Crippen MR) is 84.6 cm³/mol. The van der Waals surface area contributed by atoms with Crippen molar-refractivity contribution in [2.75, 3.05) is 13.1 Å². The zero-order valence-electron chi connectivity index (χ0n) is 13.2. The van der Waals surface area contributed by atoms with Gasteiger partial charge in [0, 0.05) is 19.1 Å². The third-order valence-corrected chi connectivity index (χ3v) is 3.34. The fourth-order valence-corrected chi connectivity index (χ4v) is 2.26. The number of rotatable bonds is 7.